The summed E-state index contributed by atoms with van der Waals surface area (Å²) in [6, 6.07) is 9.77. The molecule has 0 saturated carbocycles. The normalized spacial score (nSPS) is 17.8. The molecule has 0 aromatic heterocycles. The van der Waals surface area contributed by atoms with Crippen LogP contribution in [0.2, 0.25) is 0 Å². The maximum Gasteiger partial charge on any atom is -0.00944 e. The van der Waals surface area contributed by atoms with E-state index in [1.807, 2.05) is 0 Å². The van der Waals surface area contributed by atoms with Crippen molar-refractivity contribution in [3.63, 3.8) is 0 Å². The number of benzene rings is 1. The Kier molecular flexibility index (Phi) is 3.42. The summed E-state index contributed by atoms with van der Waals surface area (Å²) in [6.07, 6.45) is 4.86. The Bertz CT molecular complexity index is 429. The quantitative estimate of drug-likeness (QED) is 0.657. The van der Waals surface area contributed by atoms with E-state index in [0.717, 1.165) is 0 Å². The Balaban J connectivity index is 2.60. The summed E-state index contributed by atoms with van der Waals surface area (Å²) in [6.45, 7) is 9.27. The highest BCUT2D eigenvalue weighted by Gasteiger charge is 2.29. The van der Waals surface area contributed by atoms with Crippen molar-refractivity contribution in [1.82, 2.24) is 0 Å². The van der Waals surface area contributed by atoms with Gasteiger partial charge in [0, 0.05) is 0 Å². The zero-order valence-electron chi connectivity index (χ0n) is 11.6. The highest BCUT2D eigenvalue weighted by Crippen LogP contribution is 2.43. The summed E-state index contributed by atoms with van der Waals surface area (Å²) in [5.41, 5.74) is 6.52. The Morgan fingerprint density at radius 3 is 2.65 bits per heavy atom. The monoisotopic (exact) mass is 227 g/mol. The molecule has 0 unspecified atom stereocenters. The van der Waals surface area contributed by atoms with Gasteiger partial charge in [0.1, 0.15) is 0 Å². The number of hydrogen-bond acceptors (Lipinski definition) is 0. The average Bonchev–Trinajstić information content (AvgIpc) is 2.34. The molecule has 0 N–H and O–H groups in total. The van der Waals surface area contributed by atoms with Crippen LogP contribution < -0.4 is 0 Å². The van der Waals surface area contributed by atoms with Gasteiger partial charge in [0.15, 0.2) is 0 Å². The van der Waals surface area contributed by atoms with Crippen molar-refractivity contribution in [3.05, 3.63) is 41.0 Å². The van der Waals surface area contributed by atoms with Crippen LogP contribution in [-0.2, 0) is 5.41 Å². The first kappa shape index (κ1) is 12.4. The Morgan fingerprint density at radius 1 is 1.29 bits per heavy atom. The van der Waals surface area contributed by atoms with Gasteiger partial charge in [-0.15, -0.1) is 0 Å². The number of fused-ring (bicyclic) bond motifs is 1. The molecular formula is C17H23. The van der Waals surface area contributed by atoms with E-state index in [4.69, 9.17) is 0 Å². The lowest BCUT2D eigenvalue weighted by Gasteiger charge is -2.35. The van der Waals surface area contributed by atoms with Crippen LogP contribution in [0.3, 0.4) is 0 Å². The second-order valence-electron chi connectivity index (χ2n) is 5.64. The fourth-order valence-electron chi connectivity index (χ4n) is 3.02. The van der Waals surface area contributed by atoms with E-state index in [1.165, 1.54) is 36.8 Å². The summed E-state index contributed by atoms with van der Waals surface area (Å²) < 4.78 is 0. The lowest BCUT2D eigenvalue weighted by Crippen LogP contribution is -2.23. The molecule has 0 amide bonds. The molecule has 0 atom stereocenters. The van der Waals surface area contributed by atoms with E-state index < -0.39 is 0 Å². The van der Waals surface area contributed by atoms with Gasteiger partial charge >= 0.3 is 0 Å². The van der Waals surface area contributed by atoms with Crippen molar-refractivity contribution in [3.8, 4) is 0 Å². The van der Waals surface area contributed by atoms with Gasteiger partial charge in [-0.1, -0.05) is 45.4 Å². The van der Waals surface area contributed by atoms with Crippen molar-refractivity contribution >= 4 is 5.57 Å². The maximum atomic E-state index is 3.26. The zero-order chi connectivity index (χ0) is 12.5. The first-order valence-electron chi connectivity index (χ1n) is 6.82. The lowest BCUT2D eigenvalue weighted by molar-refractivity contribution is 0.473. The molecular weight excluding hydrogens is 204 g/mol. The number of allylic oxidation sites excluding steroid dienone is 2. The molecule has 0 bridgehead atoms. The molecule has 0 saturated heterocycles. The third-order valence-corrected chi connectivity index (χ3v) is 4.20. The lowest BCUT2D eigenvalue weighted by atomic mass is 9.70. The molecule has 1 aliphatic carbocycles. The molecule has 0 heterocycles. The molecule has 1 radical (unpaired) electrons. The molecule has 1 aliphatic rings. The van der Waals surface area contributed by atoms with Gasteiger partial charge in [-0.25, -0.2) is 0 Å². The van der Waals surface area contributed by atoms with E-state index in [-0.39, 0.29) is 0 Å². The SMILES string of the molecule is CCC(CC)=C1CCC(C)(C)c2cc[c]cc21. The molecule has 17 heavy (non-hydrogen) atoms. The highest BCUT2D eigenvalue weighted by molar-refractivity contribution is 5.73. The fraction of sp³-hybridized carbons (Fsp3) is 0.529. The van der Waals surface area contributed by atoms with Crippen molar-refractivity contribution in [2.24, 2.45) is 0 Å². The van der Waals surface area contributed by atoms with Crippen LogP contribution >= 0.6 is 0 Å². The smallest absolute Gasteiger partial charge is 0.00944 e. The first-order chi connectivity index (χ1) is 8.10. The maximum absolute atomic E-state index is 3.26. The second-order valence-corrected chi connectivity index (χ2v) is 5.64. The molecule has 0 aliphatic heterocycles. The van der Waals surface area contributed by atoms with Gasteiger partial charge in [0.05, 0.1) is 0 Å². The van der Waals surface area contributed by atoms with Crippen molar-refractivity contribution in [2.75, 3.05) is 0 Å². The number of rotatable bonds is 2. The summed E-state index contributed by atoms with van der Waals surface area (Å²) >= 11 is 0. The molecule has 91 valence electrons. The van der Waals surface area contributed by atoms with Gasteiger partial charge in [-0.2, -0.15) is 0 Å². The molecule has 1 aromatic rings. The molecule has 0 nitrogen and oxygen atoms in total. The number of hydrogen-bond donors (Lipinski definition) is 0. The Morgan fingerprint density at radius 2 is 2.00 bits per heavy atom. The van der Waals surface area contributed by atoms with E-state index >= 15 is 0 Å². The topological polar surface area (TPSA) is 0 Å². The van der Waals surface area contributed by atoms with Crippen LogP contribution in [0.4, 0.5) is 0 Å². The minimum atomic E-state index is 0.320. The first-order valence-corrected chi connectivity index (χ1v) is 6.82. The standard InChI is InChI=1S/C17H23/c1-5-13(6-2)14-11-12-17(3,4)16-10-8-7-9-15(14)16/h8-10H,5-6,11-12H2,1-4H3. The molecule has 0 heteroatoms. The van der Waals surface area contributed by atoms with Crippen molar-refractivity contribution in [1.29, 1.82) is 0 Å². The minimum Gasteiger partial charge on any atom is -0.0669 e. The summed E-state index contributed by atoms with van der Waals surface area (Å²) in [5.74, 6) is 0. The van der Waals surface area contributed by atoms with Crippen LogP contribution in [-0.4, -0.2) is 0 Å². The van der Waals surface area contributed by atoms with Gasteiger partial charge in [0.25, 0.3) is 0 Å². The van der Waals surface area contributed by atoms with Crippen LogP contribution in [0.15, 0.2) is 23.8 Å². The molecule has 0 fully saturated rings. The summed E-state index contributed by atoms with van der Waals surface area (Å²) in [7, 11) is 0. The van der Waals surface area contributed by atoms with E-state index in [9.17, 15) is 0 Å². The largest absolute Gasteiger partial charge is 0.0669 e. The van der Waals surface area contributed by atoms with Gasteiger partial charge in [0.2, 0.25) is 0 Å². The second kappa shape index (κ2) is 4.68. The highest BCUT2D eigenvalue weighted by atomic mass is 14.3. The third-order valence-electron chi connectivity index (χ3n) is 4.20. The van der Waals surface area contributed by atoms with E-state index in [1.54, 1.807) is 11.1 Å². The predicted molar refractivity (Wildman–Crippen MR) is 75.0 cm³/mol. The Labute approximate surface area is 106 Å². The van der Waals surface area contributed by atoms with Crippen molar-refractivity contribution < 1.29 is 0 Å². The average molecular weight is 227 g/mol. The van der Waals surface area contributed by atoms with E-state index in [2.05, 4.69) is 52.0 Å². The van der Waals surface area contributed by atoms with Gasteiger partial charge in [-0.05, 0) is 59.9 Å². The molecule has 0 spiro atoms. The summed E-state index contributed by atoms with van der Waals surface area (Å²) in [4.78, 5) is 0. The van der Waals surface area contributed by atoms with Crippen molar-refractivity contribution in [2.45, 2.75) is 58.8 Å². The third kappa shape index (κ3) is 2.18. The molecule has 2 rings (SSSR count). The molecule has 1 aromatic carbocycles. The van der Waals surface area contributed by atoms with Crippen LogP contribution in [0.25, 0.3) is 5.57 Å². The van der Waals surface area contributed by atoms with Gasteiger partial charge < -0.3 is 0 Å². The van der Waals surface area contributed by atoms with Crippen LogP contribution in [0.1, 0.15) is 64.5 Å². The summed E-state index contributed by atoms with van der Waals surface area (Å²) in [5, 5.41) is 0. The van der Waals surface area contributed by atoms with Crippen LogP contribution in [0.5, 0.6) is 0 Å². The zero-order valence-corrected chi connectivity index (χ0v) is 11.6. The Hall–Kier alpha value is -1.04. The fourth-order valence-corrected chi connectivity index (χ4v) is 3.02. The minimum absolute atomic E-state index is 0.320. The predicted octanol–water partition coefficient (Wildman–Crippen LogP) is 5.13. The van der Waals surface area contributed by atoms with Gasteiger partial charge in [-0.3, -0.25) is 0 Å². The van der Waals surface area contributed by atoms with E-state index in [0.29, 0.717) is 5.41 Å². The van der Waals surface area contributed by atoms with Crippen LogP contribution in [0, 0.1) is 6.07 Å².